The van der Waals surface area contributed by atoms with Crippen LogP contribution < -0.4 is 5.32 Å². The summed E-state index contributed by atoms with van der Waals surface area (Å²) in [5.74, 6) is -0.509. The van der Waals surface area contributed by atoms with Gasteiger partial charge in [-0.1, -0.05) is 18.7 Å². The van der Waals surface area contributed by atoms with Crippen LogP contribution in [-0.2, 0) is 16.0 Å². The number of amides is 1. The fourth-order valence-electron chi connectivity index (χ4n) is 1.44. The molecule has 4 heteroatoms. The molecule has 0 aromatic heterocycles. The summed E-state index contributed by atoms with van der Waals surface area (Å²) in [5, 5.41) is 2.68. The molecule has 0 aliphatic rings. The summed E-state index contributed by atoms with van der Waals surface area (Å²) in [6, 6.07) is 4.47. The molecule has 1 rings (SSSR count). The third-order valence-electron chi connectivity index (χ3n) is 2.21. The number of ether oxygens (including phenoxy) is 1. The summed E-state index contributed by atoms with van der Waals surface area (Å²) in [7, 11) is 1.56. The van der Waals surface area contributed by atoms with E-state index in [1.54, 1.807) is 19.3 Å². The van der Waals surface area contributed by atoms with Gasteiger partial charge < -0.3 is 10.1 Å². The summed E-state index contributed by atoms with van der Waals surface area (Å²) in [5.41, 5.74) is 1.31. The quantitative estimate of drug-likeness (QED) is 0.766. The average molecular weight is 237 g/mol. The molecular formula is C13H16FNO2. The van der Waals surface area contributed by atoms with E-state index in [0.717, 1.165) is 0 Å². The minimum atomic E-state index is -0.359. The maximum atomic E-state index is 13.2. The molecule has 1 aromatic carbocycles. The van der Waals surface area contributed by atoms with E-state index in [9.17, 15) is 9.18 Å². The second-order valence-corrected chi connectivity index (χ2v) is 3.62. The Bertz CT molecular complexity index is 404. The predicted octanol–water partition coefficient (Wildman–Crippen LogP) is 1.77. The summed E-state index contributed by atoms with van der Waals surface area (Å²) in [4.78, 5) is 11.5. The zero-order valence-electron chi connectivity index (χ0n) is 9.83. The van der Waals surface area contributed by atoms with E-state index in [4.69, 9.17) is 4.74 Å². The first kappa shape index (κ1) is 13.4. The minimum absolute atomic E-state index is 0.150. The number of methoxy groups -OCH3 is 1. The smallest absolute Gasteiger partial charge is 0.224 e. The lowest BCUT2D eigenvalue weighted by Gasteiger charge is -2.05. The van der Waals surface area contributed by atoms with Crippen molar-refractivity contribution >= 4 is 12.0 Å². The number of rotatable bonds is 6. The highest BCUT2D eigenvalue weighted by atomic mass is 19.1. The number of nitrogens with one attached hydrogen (secondary N) is 1. The molecule has 3 nitrogen and oxygen atoms in total. The largest absolute Gasteiger partial charge is 0.383 e. The van der Waals surface area contributed by atoms with Crippen molar-refractivity contribution in [3.8, 4) is 0 Å². The van der Waals surface area contributed by atoms with Gasteiger partial charge in [-0.25, -0.2) is 4.39 Å². The molecule has 0 bridgehead atoms. The lowest BCUT2D eigenvalue weighted by atomic mass is 10.1. The van der Waals surface area contributed by atoms with Crippen molar-refractivity contribution in [2.24, 2.45) is 0 Å². The molecule has 1 aromatic rings. The Morgan fingerprint density at radius 1 is 1.53 bits per heavy atom. The second kappa shape index (κ2) is 6.81. The van der Waals surface area contributed by atoms with Crippen molar-refractivity contribution in [3.05, 3.63) is 41.7 Å². The highest BCUT2D eigenvalue weighted by Crippen LogP contribution is 2.10. The van der Waals surface area contributed by atoms with Crippen molar-refractivity contribution in [1.82, 2.24) is 5.32 Å². The van der Waals surface area contributed by atoms with Gasteiger partial charge >= 0.3 is 0 Å². The number of hydrogen-bond acceptors (Lipinski definition) is 2. The van der Waals surface area contributed by atoms with E-state index >= 15 is 0 Å². The van der Waals surface area contributed by atoms with Gasteiger partial charge in [0.25, 0.3) is 0 Å². The third-order valence-corrected chi connectivity index (χ3v) is 2.21. The molecule has 1 amide bonds. The molecule has 0 unspecified atom stereocenters. The standard InChI is InChI=1S/C13H16FNO2/c1-3-10-6-11(8-12(14)7-10)9-13(16)15-4-5-17-2/h3,6-8H,1,4-5,9H2,2H3,(H,15,16). The van der Waals surface area contributed by atoms with Crippen LogP contribution in [0.3, 0.4) is 0 Å². The van der Waals surface area contributed by atoms with Gasteiger partial charge in [-0.15, -0.1) is 0 Å². The summed E-state index contributed by atoms with van der Waals surface area (Å²) in [6.45, 7) is 4.49. The monoisotopic (exact) mass is 237 g/mol. The Kier molecular flexibility index (Phi) is 5.36. The zero-order chi connectivity index (χ0) is 12.7. The van der Waals surface area contributed by atoms with Gasteiger partial charge in [-0.2, -0.15) is 0 Å². The Morgan fingerprint density at radius 2 is 2.29 bits per heavy atom. The van der Waals surface area contributed by atoms with E-state index in [0.29, 0.717) is 24.3 Å². The lowest BCUT2D eigenvalue weighted by Crippen LogP contribution is -2.28. The Morgan fingerprint density at radius 3 is 2.94 bits per heavy atom. The van der Waals surface area contributed by atoms with Crippen molar-refractivity contribution in [2.75, 3.05) is 20.3 Å². The molecule has 92 valence electrons. The Labute approximate surface area is 100 Å². The third kappa shape index (κ3) is 4.78. The predicted molar refractivity (Wildman–Crippen MR) is 65.1 cm³/mol. The average Bonchev–Trinajstić information content (AvgIpc) is 2.28. The number of hydrogen-bond donors (Lipinski definition) is 1. The molecule has 0 spiro atoms. The van der Waals surface area contributed by atoms with Crippen LogP contribution in [0.15, 0.2) is 24.8 Å². The van der Waals surface area contributed by atoms with Gasteiger partial charge in [0.2, 0.25) is 5.91 Å². The van der Waals surface area contributed by atoms with E-state index < -0.39 is 0 Å². The second-order valence-electron chi connectivity index (χ2n) is 3.62. The van der Waals surface area contributed by atoms with Gasteiger partial charge in [0.05, 0.1) is 13.0 Å². The highest BCUT2D eigenvalue weighted by Gasteiger charge is 2.05. The van der Waals surface area contributed by atoms with Crippen LogP contribution in [0.5, 0.6) is 0 Å². The molecule has 0 aliphatic heterocycles. The van der Waals surface area contributed by atoms with Crippen LogP contribution in [0.2, 0.25) is 0 Å². The van der Waals surface area contributed by atoms with Gasteiger partial charge in [0, 0.05) is 13.7 Å². The van der Waals surface area contributed by atoms with Crippen molar-refractivity contribution in [1.29, 1.82) is 0 Å². The normalized spacial score (nSPS) is 10.0. The molecule has 0 aliphatic carbocycles. The van der Waals surface area contributed by atoms with Crippen molar-refractivity contribution in [2.45, 2.75) is 6.42 Å². The molecule has 0 fully saturated rings. The first-order valence-electron chi connectivity index (χ1n) is 5.33. The van der Waals surface area contributed by atoms with E-state index in [1.165, 1.54) is 12.1 Å². The van der Waals surface area contributed by atoms with Crippen molar-refractivity contribution < 1.29 is 13.9 Å². The fourth-order valence-corrected chi connectivity index (χ4v) is 1.44. The molecule has 0 saturated heterocycles. The molecule has 0 heterocycles. The number of carbonyl (C=O) groups is 1. The maximum absolute atomic E-state index is 13.2. The molecule has 1 N–H and O–H groups in total. The fraction of sp³-hybridized carbons (Fsp3) is 0.308. The molecule has 17 heavy (non-hydrogen) atoms. The number of benzene rings is 1. The minimum Gasteiger partial charge on any atom is -0.383 e. The van der Waals surface area contributed by atoms with E-state index in [2.05, 4.69) is 11.9 Å². The summed E-state index contributed by atoms with van der Waals surface area (Å²) < 4.78 is 18.0. The molecule has 0 atom stereocenters. The summed E-state index contributed by atoms with van der Waals surface area (Å²) >= 11 is 0. The molecule has 0 saturated carbocycles. The van der Waals surface area contributed by atoms with Crippen LogP contribution >= 0.6 is 0 Å². The topological polar surface area (TPSA) is 38.3 Å². The van der Waals surface area contributed by atoms with Crippen LogP contribution in [0.4, 0.5) is 4.39 Å². The highest BCUT2D eigenvalue weighted by molar-refractivity contribution is 5.78. The maximum Gasteiger partial charge on any atom is 0.224 e. The van der Waals surface area contributed by atoms with Gasteiger partial charge in [0.15, 0.2) is 0 Å². The number of carbonyl (C=O) groups excluding carboxylic acids is 1. The van der Waals surface area contributed by atoms with E-state index in [1.807, 2.05) is 0 Å². The Balaban J connectivity index is 2.58. The lowest BCUT2D eigenvalue weighted by molar-refractivity contribution is -0.120. The first-order valence-corrected chi connectivity index (χ1v) is 5.33. The summed E-state index contributed by atoms with van der Waals surface area (Å²) in [6.07, 6.45) is 1.71. The number of halogens is 1. The van der Waals surface area contributed by atoms with Gasteiger partial charge in [-0.05, 0) is 23.3 Å². The van der Waals surface area contributed by atoms with Crippen LogP contribution in [0, 0.1) is 5.82 Å². The molecule has 0 radical (unpaired) electrons. The van der Waals surface area contributed by atoms with Gasteiger partial charge in [0.1, 0.15) is 5.82 Å². The van der Waals surface area contributed by atoms with Gasteiger partial charge in [-0.3, -0.25) is 4.79 Å². The zero-order valence-corrected chi connectivity index (χ0v) is 9.83. The van der Waals surface area contributed by atoms with Crippen molar-refractivity contribution in [3.63, 3.8) is 0 Å². The van der Waals surface area contributed by atoms with Crippen LogP contribution in [0.1, 0.15) is 11.1 Å². The SMILES string of the molecule is C=Cc1cc(F)cc(CC(=O)NCCOC)c1. The van der Waals surface area contributed by atoms with Crippen LogP contribution in [-0.4, -0.2) is 26.2 Å². The molecular weight excluding hydrogens is 221 g/mol. The van der Waals surface area contributed by atoms with Crippen LogP contribution in [0.25, 0.3) is 6.08 Å². The Hall–Kier alpha value is -1.68. The van der Waals surface area contributed by atoms with E-state index in [-0.39, 0.29) is 18.1 Å². The first-order chi connectivity index (χ1) is 8.15.